The Bertz CT molecular complexity index is 704. The Hall–Kier alpha value is -1.89. The molecule has 0 N–H and O–H groups in total. The van der Waals surface area contributed by atoms with Gasteiger partial charge in [-0.25, -0.2) is 22.5 Å². The van der Waals surface area contributed by atoms with Crippen LogP contribution in [0.2, 0.25) is 0 Å². The molecule has 0 amide bonds. The summed E-state index contributed by atoms with van der Waals surface area (Å²) in [5.74, 6) is -26.5. The van der Waals surface area contributed by atoms with Gasteiger partial charge in [-0.05, 0) is 0 Å². The Morgan fingerprint density at radius 1 is 0.667 bits per heavy atom. The first-order valence-corrected chi connectivity index (χ1v) is 5.38. The lowest BCUT2D eigenvalue weighted by atomic mass is 9.91. The highest BCUT2D eigenvalue weighted by Crippen LogP contribution is 2.62. The van der Waals surface area contributed by atoms with Crippen LogP contribution < -0.4 is 4.90 Å². The third-order valence-electron chi connectivity index (χ3n) is 3.09. The van der Waals surface area contributed by atoms with E-state index in [-0.39, 0.29) is 0 Å². The topological polar surface area (TPSA) is 3.24 Å². The molecular weight excluding hydrogens is 381 g/mol. The zero-order valence-electron chi connectivity index (χ0n) is 10.4. The highest BCUT2D eigenvalue weighted by molar-refractivity contribution is 5.63. The minimum atomic E-state index is -6.94. The molecule has 1 nitrogen and oxygen atoms in total. The molecule has 1 aliphatic heterocycles. The molecule has 1 heterocycles. The second-order valence-corrected chi connectivity index (χ2v) is 4.47. The molecule has 0 spiro atoms. The number of benzene rings is 1. The van der Waals surface area contributed by atoms with Crippen molar-refractivity contribution in [2.75, 3.05) is 4.90 Å². The van der Waals surface area contributed by atoms with E-state index in [9.17, 15) is 57.1 Å². The van der Waals surface area contributed by atoms with Gasteiger partial charge in [0.2, 0.25) is 0 Å². The maximum absolute atomic E-state index is 13.5. The van der Waals surface area contributed by atoms with Gasteiger partial charge in [0.05, 0.1) is 5.56 Å². The van der Waals surface area contributed by atoms with Crippen molar-refractivity contribution < 1.29 is 57.1 Å². The molecule has 0 fully saturated rings. The maximum atomic E-state index is 13.5. The van der Waals surface area contributed by atoms with E-state index in [1.807, 2.05) is 0 Å². The standard InChI is InChI=1S/C10F13N/c11-2-1-6(5(14)4(13)3(2)12)24(10(21,22)23)9(19,20)8(17,18)7(1,15)16. The second kappa shape index (κ2) is 4.59. The van der Waals surface area contributed by atoms with E-state index < -0.39 is 63.6 Å². The zero-order valence-corrected chi connectivity index (χ0v) is 10.4. The van der Waals surface area contributed by atoms with Crippen LogP contribution in [0.5, 0.6) is 0 Å². The van der Waals surface area contributed by atoms with Crippen LogP contribution in [0, 0.1) is 23.3 Å². The Morgan fingerprint density at radius 2 is 1.08 bits per heavy atom. The molecule has 0 aliphatic carbocycles. The molecule has 0 saturated carbocycles. The largest absolute Gasteiger partial charge is 0.489 e. The molecule has 1 aliphatic rings. The van der Waals surface area contributed by atoms with E-state index in [2.05, 4.69) is 0 Å². The molecule has 0 bridgehead atoms. The van der Waals surface area contributed by atoms with Crippen LogP contribution in [0.1, 0.15) is 5.56 Å². The maximum Gasteiger partial charge on any atom is 0.489 e. The number of hydrogen-bond acceptors (Lipinski definition) is 1. The van der Waals surface area contributed by atoms with Gasteiger partial charge >= 0.3 is 24.2 Å². The summed E-state index contributed by atoms with van der Waals surface area (Å²) in [7, 11) is 0. The number of alkyl halides is 9. The molecule has 136 valence electrons. The van der Waals surface area contributed by atoms with Crippen LogP contribution >= 0.6 is 0 Å². The fourth-order valence-corrected chi connectivity index (χ4v) is 2.03. The Morgan fingerprint density at radius 3 is 1.50 bits per heavy atom. The quantitative estimate of drug-likeness (QED) is 0.267. The minimum absolute atomic E-state index is 2.87. The van der Waals surface area contributed by atoms with Gasteiger partial charge in [0.15, 0.2) is 23.3 Å². The monoisotopic (exact) mass is 381 g/mol. The van der Waals surface area contributed by atoms with Crippen LogP contribution in [0.15, 0.2) is 0 Å². The molecular formula is C10F13N. The average molecular weight is 381 g/mol. The Kier molecular flexibility index (Phi) is 3.53. The van der Waals surface area contributed by atoms with Gasteiger partial charge < -0.3 is 0 Å². The van der Waals surface area contributed by atoms with E-state index in [1.54, 1.807) is 0 Å². The first kappa shape index (κ1) is 18.4. The van der Waals surface area contributed by atoms with Gasteiger partial charge in [-0.1, -0.05) is 0 Å². The number of fused-ring (bicyclic) bond motifs is 1. The summed E-state index contributed by atoms with van der Waals surface area (Å²) in [4.78, 5) is -2.87. The van der Waals surface area contributed by atoms with E-state index >= 15 is 0 Å². The van der Waals surface area contributed by atoms with E-state index in [0.717, 1.165) is 0 Å². The smallest absolute Gasteiger partial charge is 0.214 e. The highest BCUT2D eigenvalue weighted by atomic mass is 19.4. The van der Waals surface area contributed by atoms with E-state index in [4.69, 9.17) is 0 Å². The van der Waals surface area contributed by atoms with Crippen molar-refractivity contribution in [2.24, 2.45) is 0 Å². The second-order valence-electron chi connectivity index (χ2n) is 4.47. The summed E-state index contributed by atoms with van der Waals surface area (Å²) in [5.41, 5.74) is -6.66. The van der Waals surface area contributed by atoms with Gasteiger partial charge in [0.25, 0.3) is 0 Å². The Balaban J connectivity index is 3.11. The minimum Gasteiger partial charge on any atom is -0.214 e. The molecule has 0 radical (unpaired) electrons. The molecule has 14 heteroatoms. The van der Waals surface area contributed by atoms with Crippen LogP contribution in [0.25, 0.3) is 0 Å². The summed E-state index contributed by atoms with van der Waals surface area (Å²) in [6, 6.07) is -6.85. The van der Waals surface area contributed by atoms with E-state index in [0.29, 0.717) is 0 Å². The highest BCUT2D eigenvalue weighted by Gasteiger charge is 2.82. The van der Waals surface area contributed by atoms with E-state index in [1.165, 1.54) is 0 Å². The first-order chi connectivity index (χ1) is 10.5. The number of halogens is 13. The van der Waals surface area contributed by atoms with Crippen molar-refractivity contribution in [1.29, 1.82) is 0 Å². The molecule has 1 aromatic carbocycles. The predicted octanol–water partition coefficient (Wildman–Crippen LogP) is 4.90. The van der Waals surface area contributed by atoms with Crippen molar-refractivity contribution in [1.82, 2.24) is 0 Å². The van der Waals surface area contributed by atoms with Gasteiger partial charge in [0, 0.05) is 0 Å². The summed E-state index contributed by atoms with van der Waals surface area (Å²) >= 11 is 0. The summed E-state index contributed by atoms with van der Waals surface area (Å²) in [5, 5.41) is 0. The van der Waals surface area contributed by atoms with Gasteiger partial charge in [-0.3, -0.25) is 0 Å². The van der Waals surface area contributed by atoms with Crippen molar-refractivity contribution in [3.63, 3.8) is 0 Å². The molecule has 0 saturated heterocycles. The zero-order chi connectivity index (χ0) is 19.0. The average Bonchev–Trinajstić information content (AvgIpc) is 2.38. The number of rotatable bonds is 0. The van der Waals surface area contributed by atoms with Crippen molar-refractivity contribution in [2.45, 2.75) is 24.2 Å². The van der Waals surface area contributed by atoms with Crippen LogP contribution in [0.4, 0.5) is 62.8 Å². The SMILES string of the molecule is Fc1c(F)c(F)c2c(c1F)N(C(F)(F)F)C(F)(F)C(F)(F)C2(F)F. The molecule has 0 aromatic heterocycles. The fourth-order valence-electron chi connectivity index (χ4n) is 2.03. The molecule has 0 atom stereocenters. The van der Waals surface area contributed by atoms with Gasteiger partial charge in [-0.15, -0.1) is 13.2 Å². The lowest BCUT2D eigenvalue weighted by Crippen LogP contribution is -2.69. The van der Waals surface area contributed by atoms with Crippen LogP contribution in [-0.2, 0) is 5.92 Å². The molecule has 2 rings (SSSR count). The lowest BCUT2D eigenvalue weighted by Gasteiger charge is -2.46. The summed E-state index contributed by atoms with van der Waals surface area (Å²) in [6.45, 7) is 0. The Labute approximate surface area is 122 Å². The summed E-state index contributed by atoms with van der Waals surface area (Å²) in [6.07, 6.45) is -6.68. The number of hydrogen-bond donors (Lipinski definition) is 0. The van der Waals surface area contributed by atoms with Gasteiger partial charge in [0.1, 0.15) is 5.69 Å². The normalized spacial score (nSPS) is 21.6. The molecule has 0 unspecified atom stereocenters. The van der Waals surface area contributed by atoms with Crippen molar-refractivity contribution in [3.8, 4) is 0 Å². The van der Waals surface area contributed by atoms with Gasteiger partial charge in [-0.2, -0.15) is 26.3 Å². The first-order valence-electron chi connectivity index (χ1n) is 5.38. The number of anilines is 1. The van der Waals surface area contributed by atoms with Crippen LogP contribution in [-0.4, -0.2) is 18.3 Å². The number of nitrogens with zero attached hydrogens (tertiary/aromatic N) is 1. The van der Waals surface area contributed by atoms with Crippen molar-refractivity contribution >= 4 is 5.69 Å². The predicted molar refractivity (Wildman–Crippen MR) is 48.6 cm³/mol. The third-order valence-corrected chi connectivity index (χ3v) is 3.09. The lowest BCUT2D eigenvalue weighted by molar-refractivity contribution is -0.341. The third kappa shape index (κ3) is 1.90. The summed E-state index contributed by atoms with van der Waals surface area (Å²) < 4.78 is 171. The molecule has 24 heavy (non-hydrogen) atoms. The van der Waals surface area contributed by atoms with Crippen LogP contribution in [0.3, 0.4) is 0 Å². The van der Waals surface area contributed by atoms with Crippen molar-refractivity contribution in [3.05, 3.63) is 28.8 Å². The molecule has 1 aromatic rings. The fraction of sp³-hybridized carbons (Fsp3) is 0.400.